The third-order valence-electron chi connectivity index (χ3n) is 3.51. The van der Waals surface area contributed by atoms with Crippen molar-refractivity contribution in [2.24, 2.45) is 11.7 Å². The maximum Gasteiger partial charge on any atom is 0.123 e. The summed E-state index contributed by atoms with van der Waals surface area (Å²) in [6, 6.07) is 6.95. The van der Waals surface area contributed by atoms with Crippen molar-refractivity contribution in [1.29, 1.82) is 0 Å². The molecule has 94 valence electrons. The van der Waals surface area contributed by atoms with Gasteiger partial charge in [0.25, 0.3) is 0 Å². The molecule has 0 aliphatic heterocycles. The fourth-order valence-corrected chi connectivity index (χ4v) is 3.41. The number of hydrogen-bond donors (Lipinski definition) is 1. The maximum atomic E-state index is 12.7. The van der Waals surface area contributed by atoms with E-state index < -0.39 is 0 Å². The summed E-state index contributed by atoms with van der Waals surface area (Å²) < 4.78 is 12.7. The van der Waals surface area contributed by atoms with Crippen LogP contribution in [0, 0.1) is 11.7 Å². The molecule has 3 heteroatoms. The summed E-state index contributed by atoms with van der Waals surface area (Å²) in [6.07, 6.45) is 6.60. The lowest BCUT2D eigenvalue weighted by Crippen LogP contribution is -2.33. The van der Waals surface area contributed by atoms with E-state index in [0.717, 1.165) is 10.6 Å². The van der Waals surface area contributed by atoms with Crippen molar-refractivity contribution in [3.63, 3.8) is 0 Å². The van der Waals surface area contributed by atoms with Gasteiger partial charge in [-0.2, -0.15) is 0 Å². The first-order chi connectivity index (χ1) is 8.25. The number of benzene rings is 1. The lowest BCUT2D eigenvalue weighted by atomic mass is 9.85. The Labute approximate surface area is 107 Å². The minimum atomic E-state index is -0.175. The molecule has 0 aromatic heterocycles. The lowest BCUT2D eigenvalue weighted by Gasteiger charge is -2.27. The molecule has 0 heterocycles. The Kier molecular flexibility index (Phi) is 4.86. The second kappa shape index (κ2) is 6.41. The van der Waals surface area contributed by atoms with Gasteiger partial charge in [0.05, 0.1) is 0 Å². The second-order valence-electron chi connectivity index (χ2n) is 4.83. The Morgan fingerprint density at radius 2 is 1.82 bits per heavy atom. The third-order valence-corrected chi connectivity index (χ3v) is 4.67. The van der Waals surface area contributed by atoms with Gasteiger partial charge in [0, 0.05) is 16.7 Å². The van der Waals surface area contributed by atoms with Crippen molar-refractivity contribution in [1.82, 2.24) is 0 Å². The summed E-state index contributed by atoms with van der Waals surface area (Å²) in [4.78, 5) is 1.11. The van der Waals surface area contributed by atoms with Crippen molar-refractivity contribution in [3.8, 4) is 0 Å². The van der Waals surface area contributed by atoms with E-state index in [1.165, 1.54) is 44.2 Å². The van der Waals surface area contributed by atoms with Crippen LogP contribution in [0.2, 0.25) is 0 Å². The van der Waals surface area contributed by atoms with Crippen molar-refractivity contribution in [3.05, 3.63) is 30.1 Å². The summed E-state index contributed by atoms with van der Waals surface area (Å²) >= 11 is 1.74. The molecule has 1 aromatic carbocycles. The van der Waals surface area contributed by atoms with E-state index in [0.29, 0.717) is 5.92 Å². The van der Waals surface area contributed by atoms with Crippen LogP contribution in [0.5, 0.6) is 0 Å². The molecule has 0 radical (unpaired) electrons. The van der Waals surface area contributed by atoms with Gasteiger partial charge in [-0.3, -0.25) is 0 Å². The SMILES string of the molecule is NC(CSc1ccc(F)cc1)C1CCCCC1. The summed E-state index contributed by atoms with van der Waals surface area (Å²) in [7, 11) is 0. The molecule has 1 aliphatic carbocycles. The highest BCUT2D eigenvalue weighted by atomic mass is 32.2. The van der Waals surface area contributed by atoms with Crippen molar-refractivity contribution < 1.29 is 4.39 Å². The first-order valence-corrected chi connectivity index (χ1v) is 7.38. The third kappa shape index (κ3) is 4.00. The van der Waals surface area contributed by atoms with Gasteiger partial charge in [-0.1, -0.05) is 19.3 Å². The molecule has 0 bridgehead atoms. The van der Waals surface area contributed by atoms with Gasteiger partial charge in [-0.15, -0.1) is 11.8 Å². The highest BCUT2D eigenvalue weighted by Gasteiger charge is 2.20. The quantitative estimate of drug-likeness (QED) is 0.825. The predicted molar refractivity (Wildman–Crippen MR) is 71.7 cm³/mol. The first kappa shape index (κ1) is 12.9. The van der Waals surface area contributed by atoms with Crippen molar-refractivity contribution >= 4 is 11.8 Å². The fourth-order valence-electron chi connectivity index (χ4n) is 2.42. The number of rotatable bonds is 4. The molecule has 1 aromatic rings. The Balaban J connectivity index is 1.78. The van der Waals surface area contributed by atoms with E-state index in [1.807, 2.05) is 12.1 Å². The number of halogens is 1. The Hall–Kier alpha value is -0.540. The van der Waals surface area contributed by atoms with Crippen LogP contribution in [0.1, 0.15) is 32.1 Å². The van der Waals surface area contributed by atoms with Gasteiger partial charge >= 0.3 is 0 Å². The summed E-state index contributed by atoms with van der Waals surface area (Å²) in [5, 5.41) is 0. The Bertz CT molecular complexity index is 333. The van der Waals surface area contributed by atoms with E-state index >= 15 is 0 Å². The topological polar surface area (TPSA) is 26.0 Å². The molecule has 1 atom stereocenters. The fraction of sp³-hybridized carbons (Fsp3) is 0.571. The minimum absolute atomic E-state index is 0.175. The molecule has 1 unspecified atom stereocenters. The van der Waals surface area contributed by atoms with E-state index in [9.17, 15) is 4.39 Å². The smallest absolute Gasteiger partial charge is 0.123 e. The second-order valence-corrected chi connectivity index (χ2v) is 5.92. The number of nitrogens with two attached hydrogens (primary N) is 1. The minimum Gasteiger partial charge on any atom is -0.327 e. The largest absolute Gasteiger partial charge is 0.327 e. The van der Waals surface area contributed by atoms with Gasteiger partial charge in [0.2, 0.25) is 0 Å². The zero-order valence-electron chi connectivity index (χ0n) is 10.1. The highest BCUT2D eigenvalue weighted by molar-refractivity contribution is 7.99. The predicted octanol–water partition coefficient (Wildman–Crippen LogP) is 3.83. The van der Waals surface area contributed by atoms with Crippen molar-refractivity contribution in [2.75, 3.05) is 5.75 Å². The van der Waals surface area contributed by atoms with E-state index in [2.05, 4.69) is 0 Å². The Morgan fingerprint density at radius 1 is 1.18 bits per heavy atom. The number of hydrogen-bond acceptors (Lipinski definition) is 2. The summed E-state index contributed by atoms with van der Waals surface area (Å²) in [5.41, 5.74) is 6.23. The van der Waals surface area contributed by atoms with Crippen LogP contribution in [0.3, 0.4) is 0 Å². The zero-order valence-corrected chi connectivity index (χ0v) is 10.9. The van der Waals surface area contributed by atoms with Gasteiger partial charge in [-0.05, 0) is 43.0 Å². The van der Waals surface area contributed by atoms with E-state index in [1.54, 1.807) is 11.8 Å². The van der Waals surface area contributed by atoms with Gasteiger partial charge in [-0.25, -0.2) is 4.39 Å². The Morgan fingerprint density at radius 3 is 2.47 bits per heavy atom. The molecule has 2 N–H and O–H groups in total. The van der Waals surface area contributed by atoms with E-state index in [4.69, 9.17) is 5.73 Å². The molecular formula is C14H20FNS. The molecule has 0 saturated heterocycles. The maximum absolute atomic E-state index is 12.7. The standard InChI is InChI=1S/C14H20FNS/c15-12-6-8-13(9-7-12)17-10-14(16)11-4-2-1-3-5-11/h6-9,11,14H,1-5,10,16H2. The summed E-state index contributed by atoms with van der Waals surface area (Å²) in [5.74, 6) is 1.46. The van der Waals surface area contributed by atoms with Crippen LogP contribution in [-0.2, 0) is 0 Å². The molecule has 1 fully saturated rings. The monoisotopic (exact) mass is 253 g/mol. The van der Waals surface area contributed by atoms with Crippen LogP contribution in [0.4, 0.5) is 4.39 Å². The lowest BCUT2D eigenvalue weighted by molar-refractivity contribution is 0.319. The van der Waals surface area contributed by atoms with Crippen LogP contribution in [0.15, 0.2) is 29.2 Å². The molecule has 17 heavy (non-hydrogen) atoms. The van der Waals surface area contributed by atoms with Gasteiger partial charge < -0.3 is 5.73 Å². The first-order valence-electron chi connectivity index (χ1n) is 6.39. The van der Waals surface area contributed by atoms with Crippen LogP contribution in [0.25, 0.3) is 0 Å². The average molecular weight is 253 g/mol. The van der Waals surface area contributed by atoms with Crippen LogP contribution < -0.4 is 5.73 Å². The zero-order chi connectivity index (χ0) is 12.1. The van der Waals surface area contributed by atoms with Crippen molar-refractivity contribution in [2.45, 2.75) is 43.0 Å². The number of thioether (sulfide) groups is 1. The molecule has 1 saturated carbocycles. The average Bonchev–Trinajstić information content (AvgIpc) is 2.39. The highest BCUT2D eigenvalue weighted by Crippen LogP contribution is 2.28. The van der Waals surface area contributed by atoms with Gasteiger partial charge in [0.15, 0.2) is 0 Å². The molecular weight excluding hydrogens is 233 g/mol. The van der Waals surface area contributed by atoms with Crippen LogP contribution >= 0.6 is 11.8 Å². The van der Waals surface area contributed by atoms with Gasteiger partial charge in [0.1, 0.15) is 5.82 Å². The van der Waals surface area contributed by atoms with Crippen LogP contribution in [-0.4, -0.2) is 11.8 Å². The normalized spacial score (nSPS) is 19.2. The molecule has 2 rings (SSSR count). The summed E-state index contributed by atoms with van der Waals surface area (Å²) in [6.45, 7) is 0. The molecule has 0 spiro atoms. The molecule has 0 amide bonds. The van der Waals surface area contributed by atoms with E-state index in [-0.39, 0.29) is 11.9 Å². The molecule has 1 aliphatic rings. The molecule has 1 nitrogen and oxygen atoms in total.